The molecule has 29 heavy (non-hydrogen) atoms. The lowest BCUT2D eigenvalue weighted by atomic mass is 9.88. The number of carbonyl (C=O) groups is 1. The van der Waals surface area contributed by atoms with Gasteiger partial charge in [0.2, 0.25) is 0 Å². The number of thiophene rings is 1. The summed E-state index contributed by atoms with van der Waals surface area (Å²) in [6.45, 7) is 4.28. The molecular formula is C23H33ClO4S. The molecule has 0 aliphatic heterocycles. The van der Waals surface area contributed by atoms with Crippen LogP contribution in [0.4, 0.5) is 0 Å². The van der Waals surface area contributed by atoms with E-state index in [4.69, 9.17) is 16.7 Å². The van der Waals surface area contributed by atoms with Gasteiger partial charge in [-0.3, -0.25) is 4.79 Å². The molecule has 5 atom stereocenters. The Bertz CT molecular complexity index is 712. The Hall–Kier alpha value is -1.14. The van der Waals surface area contributed by atoms with Crippen LogP contribution in [0.1, 0.15) is 55.9 Å². The minimum Gasteiger partial charge on any atom is -0.481 e. The quantitative estimate of drug-likeness (QED) is 0.318. The Labute approximate surface area is 182 Å². The number of halogens is 1. The van der Waals surface area contributed by atoms with Crippen LogP contribution in [-0.2, 0) is 11.2 Å². The van der Waals surface area contributed by atoms with Crippen molar-refractivity contribution in [2.45, 2.75) is 71.0 Å². The molecule has 162 valence electrons. The third-order valence-electron chi connectivity index (χ3n) is 5.77. The van der Waals surface area contributed by atoms with Crippen LogP contribution in [-0.4, -0.2) is 33.5 Å². The molecule has 0 unspecified atom stereocenters. The van der Waals surface area contributed by atoms with Crippen LogP contribution < -0.4 is 0 Å². The lowest BCUT2D eigenvalue weighted by Gasteiger charge is -2.20. The summed E-state index contributed by atoms with van der Waals surface area (Å²) in [5.74, 6) is -0.440. The van der Waals surface area contributed by atoms with Crippen LogP contribution in [0.2, 0.25) is 4.34 Å². The number of hydrogen-bond donors (Lipinski definition) is 3. The van der Waals surface area contributed by atoms with Crippen molar-refractivity contribution < 1.29 is 20.1 Å². The van der Waals surface area contributed by atoms with Gasteiger partial charge in [0, 0.05) is 23.6 Å². The SMILES string of the molecule is Cc1sc(Cl)cc1CC[C@H](C)/C=C/[C@@H]1[C@@H](C/C=C\CCCC(=O)O)[C@@H](O)C[C@H]1O. The minimum atomic E-state index is -0.774. The summed E-state index contributed by atoms with van der Waals surface area (Å²) >= 11 is 7.70. The second kappa shape index (κ2) is 11.9. The van der Waals surface area contributed by atoms with E-state index >= 15 is 0 Å². The Morgan fingerprint density at radius 3 is 2.76 bits per heavy atom. The van der Waals surface area contributed by atoms with Gasteiger partial charge in [0.15, 0.2) is 0 Å². The first-order valence-electron chi connectivity index (χ1n) is 10.4. The van der Waals surface area contributed by atoms with Crippen molar-refractivity contribution in [3.63, 3.8) is 0 Å². The number of rotatable bonds is 11. The van der Waals surface area contributed by atoms with Gasteiger partial charge in [-0.15, -0.1) is 11.3 Å². The van der Waals surface area contributed by atoms with Gasteiger partial charge in [-0.1, -0.05) is 42.8 Å². The van der Waals surface area contributed by atoms with E-state index in [2.05, 4.69) is 26.0 Å². The van der Waals surface area contributed by atoms with E-state index in [1.807, 2.05) is 18.2 Å². The number of carboxylic acids is 1. The summed E-state index contributed by atoms with van der Waals surface area (Å²) in [5.41, 5.74) is 1.31. The van der Waals surface area contributed by atoms with Crippen molar-refractivity contribution >= 4 is 28.9 Å². The van der Waals surface area contributed by atoms with E-state index in [-0.39, 0.29) is 18.3 Å². The standard InChI is InChI=1S/C23H33ClO4S/c1-15(9-11-17-13-22(24)29-16(17)2)10-12-19-18(20(25)14-21(19)26)7-5-3-4-6-8-23(27)28/h3,5,10,12-13,15,18-21,25-26H,4,6-9,11,14H2,1-2H3,(H,27,28)/b5-3-,12-10+/t15-,18+,19+,20-,21+/m0/s1. The molecule has 1 heterocycles. The van der Waals surface area contributed by atoms with Crippen LogP contribution in [0.3, 0.4) is 0 Å². The maximum atomic E-state index is 10.5. The number of aliphatic hydroxyl groups excluding tert-OH is 2. The van der Waals surface area contributed by atoms with Crippen LogP contribution in [0.5, 0.6) is 0 Å². The highest BCUT2D eigenvalue weighted by Gasteiger charge is 2.39. The number of aryl methyl sites for hydroxylation is 2. The van der Waals surface area contributed by atoms with Crippen LogP contribution in [0.15, 0.2) is 30.4 Å². The largest absolute Gasteiger partial charge is 0.481 e. The molecule has 1 aliphatic carbocycles. The van der Waals surface area contributed by atoms with Gasteiger partial charge >= 0.3 is 5.97 Å². The molecule has 1 saturated carbocycles. The molecule has 0 bridgehead atoms. The molecular weight excluding hydrogens is 408 g/mol. The number of hydrogen-bond acceptors (Lipinski definition) is 4. The highest BCUT2D eigenvalue weighted by atomic mass is 35.5. The summed E-state index contributed by atoms with van der Waals surface area (Å²) in [6.07, 6.45) is 11.9. The number of aliphatic carboxylic acids is 1. The van der Waals surface area contributed by atoms with Gasteiger partial charge in [0.1, 0.15) is 0 Å². The van der Waals surface area contributed by atoms with E-state index < -0.39 is 18.2 Å². The monoisotopic (exact) mass is 440 g/mol. The second-order valence-electron chi connectivity index (χ2n) is 8.14. The second-order valence-corrected chi connectivity index (χ2v) is 10.0. The average molecular weight is 441 g/mol. The maximum Gasteiger partial charge on any atom is 0.303 e. The fourth-order valence-electron chi connectivity index (χ4n) is 3.97. The van der Waals surface area contributed by atoms with Gasteiger partial charge in [-0.25, -0.2) is 0 Å². The molecule has 6 heteroatoms. The lowest BCUT2D eigenvalue weighted by Crippen LogP contribution is -2.20. The molecule has 1 fully saturated rings. The number of carboxylic acid groups (broad SMARTS) is 1. The summed E-state index contributed by atoms with van der Waals surface area (Å²) in [5, 5.41) is 29.4. The van der Waals surface area contributed by atoms with Crippen LogP contribution in [0.25, 0.3) is 0 Å². The van der Waals surface area contributed by atoms with E-state index in [9.17, 15) is 15.0 Å². The van der Waals surface area contributed by atoms with Gasteiger partial charge < -0.3 is 15.3 Å². The highest BCUT2D eigenvalue weighted by molar-refractivity contribution is 7.16. The summed E-state index contributed by atoms with van der Waals surface area (Å²) < 4.78 is 0.836. The molecule has 2 rings (SSSR count). The summed E-state index contributed by atoms with van der Waals surface area (Å²) in [7, 11) is 0. The van der Waals surface area contributed by atoms with Crippen molar-refractivity contribution in [1.82, 2.24) is 0 Å². The predicted octanol–water partition coefficient (Wildman–Crippen LogP) is 5.39. The zero-order valence-corrected chi connectivity index (χ0v) is 18.8. The molecule has 0 amide bonds. The van der Waals surface area contributed by atoms with E-state index in [0.29, 0.717) is 25.2 Å². The topological polar surface area (TPSA) is 77.8 Å². The third-order valence-corrected chi connectivity index (χ3v) is 7.00. The first kappa shape index (κ1) is 24.1. The maximum absolute atomic E-state index is 10.5. The minimum absolute atomic E-state index is 0.00194. The molecule has 0 saturated heterocycles. The van der Waals surface area contributed by atoms with E-state index in [1.54, 1.807) is 11.3 Å². The Balaban J connectivity index is 1.84. The van der Waals surface area contributed by atoms with E-state index in [1.165, 1.54) is 10.4 Å². The Morgan fingerprint density at radius 1 is 1.34 bits per heavy atom. The van der Waals surface area contributed by atoms with Crippen LogP contribution in [0, 0.1) is 24.7 Å². The lowest BCUT2D eigenvalue weighted by molar-refractivity contribution is -0.137. The fraction of sp³-hybridized carbons (Fsp3) is 0.609. The normalized spacial score (nSPS) is 26.0. The third kappa shape index (κ3) is 7.89. The van der Waals surface area contributed by atoms with Gasteiger partial charge in [0.05, 0.1) is 16.5 Å². The van der Waals surface area contributed by atoms with Crippen molar-refractivity contribution in [2.75, 3.05) is 0 Å². The molecule has 0 spiro atoms. The van der Waals surface area contributed by atoms with Gasteiger partial charge in [-0.05, 0) is 62.5 Å². The summed E-state index contributed by atoms with van der Waals surface area (Å²) in [4.78, 5) is 11.8. The number of allylic oxidation sites excluding steroid dienone is 3. The van der Waals surface area contributed by atoms with Crippen molar-refractivity contribution in [2.24, 2.45) is 17.8 Å². The zero-order valence-electron chi connectivity index (χ0n) is 17.3. The highest BCUT2D eigenvalue weighted by Crippen LogP contribution is 2.36. The molecule has 1 aromatic heterocycles. The van der Waals surface area contributed by atoms with Crippen molar-refractivity contribution in [3.05, 3.63) is 45.1 Å². The fourth-order valence-corrected chi connectivity index (χ4v) is 5.24. The van der Waals surface area contributed by atoms with Gasteiger partial charge in [0.25, 0.3) is 0 Å². The summed E-state index contributed by atoms with van der Waals surface area (Å²) in [6, 6.07) is 2.05. The molecule has 0 aromatic carbocycles. The molecule has 1 aliphatic rings. The van der Waals surface area contributed by atoms with Crippen LogP contribution >= 0.6 is 22.9 Å². The molecule has 1 aromatic rings. The van der Waals surface area contributed by atoms with Gasteiger partial charge in [-0.2, -0.15) is 0 Å². The first-order valence-corrected chi connectivity index (χ1v) is 11.6. The zero-order chi connectivity index (χ0) is 21.4. The Morgan fingerprint density at radius 2 is 2.10 bits per heavy atom. The Kier molecular flexibility index (Phi) is 9.90. The average Bonchev–Trinajstić information content (AvgIpc) is 3.11. The van der Waals surface area contributed by atoms with Crippen molar-refractivity contribution in [1.29, 1.82) is 0 Å². The van der Waals surface area contributed by atoms with Crippen molar-refractivity contribution in [3.8, 4) is 0 Å². The molecule has 4 nitrogen and oxygen atoms in total. The molecule has 3 N–H and O–H groups in total. The van der Waals surface area contributed by atoms with E-state index in [0.717, 1.165) is 23.6 Å². The predicted molar refractivity (Wildman–Crippen MR) is 120 cm³/mol. The molecule has 0 radical (unpaired) electrons. The number of aliphatic hydroxyl groups is 2. The first-order chi connectivity index (χ1) is 13.8. The smallest absolute Gasteiger partial charge is 0.303 e. The number of unbranched alkanes of at least 4 members (excludes halogenated alkanes) is 1.